The summed E-state index contributed by atoms with van der Waals surface area (Å²) in [6, 6.07) is 0. The van der Waals surface area contributed by atoms with E-state index < -0.39 is 0 Å². The molecule has 3 aliphatic rings. The summed E-state index contributed by atoms with van der Waals surface area (Å²) in [6.45, 7) is 0. The number of likely N-dealkylation sites (tertiary alicyclic amines) is 1. The van der Waals surface area contributed by atoms with Crippen LogP contribution in [0.1, 0.15) is 0 Å². The van der Waals surface area contributed by atoms with Gasteiger partial charge in [-0.3, -0.25) is 14.5 Å². The third kappa shape index (κ3) is 0.659. The Morgan fingerprint density at radius 3 is 2.08 bits per heavy atom. The van der Waals surface area contributed by atoms with Gasteiger partial charge in [-0.2, -0.15) is 0 Å². The Morgan fingerprint density at radius 1 is 1.15 bits per heavy atom. The lowest BCUT2D eigenvalue weighted by molar-refractivity contribution is -0.140. The van der Waals surface area contributed by atoms with Crippen LogP contribution in [-0.4, -0.2) is 36.0 Å². The van der Waals surface area contributed by atoms with E-state index in [0.717, 1.165) is 0 Å². The van der Waals surface area contributed by atoms with E-state index >= 15 is 0 Å². The van der Waals surface area contributed by atoms with Crippen molar-refractivity contribution in [2.45, 2.75) is 12.2 Å². The van der Waals surface area contributed by atoms with Crippen molar-refractivity contribution >= 4 is 11.8 Å². The quantitative estimate of drug-likeness (QED) is 0.374. The van der Waals surface area contributed by atoms with E-state index in [4.69, 9.17) is 4.74 Å². The van der Waals surface area contributed by atoms with Gasteiger partial charge in [-0.15, -0.1) is 0 Å². The Kier molecular flexibility index (Phi) is 1.12. The smallest absolute Gasteiger partial charge is 0.235 e. The molecule has 0 unspecified atom stereocenters. The van der Waals surface area contributed by atoms with Gasteiger partial charge < -0.3 is 4.74 Å². The maximum absolute atomic E-state index is 11.6. The molecule has 4 heteroatoms. The summed E-state index contributed by atoms with van der Waals surface area (Å²) >= 11 is 0. The van der Waals surface area contributed by atoms with Crippen molar-refractivity contribution in [3.05, 3.63) is 12.2 Å². The molecule has 2 amide bonds. The standard InChI is InChI=1S/C9H9NO3/c1-10-8(11)6-4-2-3-5(13-4)7(6)9(10)12/h2-7H,1H3/t4-,5+,6+,7-. The number of ether oxygens (including phenoxy) is 1. The Hall–Kier alpha value is -1.16. The molecule has 68 valence electrons. The number of nitrogens with zero attached hydrogens (tertiary/aromatic N) is 1. The first-order valence-electron chi connectivity index (χ1n) is 4.35. The molecular weight excluding hydrogens is 170 g/mol. The average Bonchev–Trinajstić information content (AvgIpc) is 2.76. The Bertz CT molecular complexity index is 306. The molecule has 0 aliphatic carbocycles. The largest absolute Gasteiger partial charge is 0.365 e. The number of carbonyl (C=O) groups is 2. The van der Waals surface area contributed by atoms with E-state index in [1.807, 2.05) is 12.2 Å². The van der Waals surface area contributed by atoms with Gasteiger partial charge in [0, 0.05) is 7.05 Å². The molecule has 0 spiro atoms. The molecule has 13 heavy (non-hydrogen) atoms. The zero-order chi connectivity index (χ0) is 9.16. The molecule has 4 nitrogen and oxygen atoms in total. The fraction of sp³-hybridized carbons (Fsp3) is 0.556. The van der Waals surface area contributed by atoms with Gasteiger partial charge in [0.05, 0.1) is 24.0 Å². The van der Waals surface area contributed by atoms with Gasteiger partial charge in [0.1, 0.15) is 0 Å². The highest BCUT2D eigenvalue weighted by atomic mass is 16.5. The Labute approximate surface area is 75.1 Å². The second kappa shape index (κ2) is 2.01. The highest BCUT2D eigenvalue weighted by molar-refractivity contribution is 6.06. The summed E-state index contributed by atoms with van der Waals surface area (Å²) in [7, 11) is 1.54. The minimum absolute atomic E-state index is 0.0909. The maximum Gasteiger partial charge on any atom is 0.235 e. The molecule has 4 atom stereocenters. The van der Waals surface area contributed by atoms with Crippen molar-refractivity contribution in [3.8, 4) is 0 Å². The first kappa shape index (κ1) is 7.26. The number of carbonyl (C=O) groups excluding carboxylic acids is 2. The highest BCUT2D eigenvalue weighted by Crippen LogP contribution is 2.44. The van der Waals surface area contributed by atoms with Gasteiger partial charge >= 0.3 is 0 Å². The summed E-state index contributed by atoms with van der Waals surface area (Å²) in [5.74, 6) is -0.668. The zero-order valence-electron chi connectivity index (χ0n) is 7.14. The number of hydrogen-bond acceptors (Lipinski definition) is 3. The van der Waals surface area contributed by atoms with Gasteiger partial charge in [0.25, 0.3) is 0 Å². The fourth-order valence-corrected chi connectivity index (χ4v) is 2.45. The van der Waals surface area contributed by atoms with E-state index in [9.17, 15) is 9.59 Å². The summed E-state index contributed by atoms with van der Waals surface area (Å²) < 4.78 is 5.45. The number of fused-ring (bicyclic) bond motifs is 5. The average molecular weight is 179 g/mol. The Balaban J connectivity index is 2.08. The van der Waals surface area contributed by atoms with Crippen molar-refractivity contribution in [1.29, 1.82) is 0 Å². The van der Waals surface area contributed by atoms with E-state index in [0.29, 0.717) is 0 Å². The molecule has 0 aromatic heterocycles. The zero-order valence-corrected chi connectivity index (χ0v) is 7.14. The monoisotopic (exact) mass is 179 g/mol. The van der Waals surface area contributed by atoms with Crippen molar-refractivity contribution in [2.24, 2.45) is 11.8 Å². The molecule has 0 saturated carbocycles. The molecule has 2 saturated heterocycles. The number of hydrogen-bond donors (Lipinski definition) is 0. The summed E-state index contributed by atoms with van der Waals surface area (Å²) in [5, 5.41) is 0. The van der Waals surface area contributed by atoms with Crippen molar-refractivity contribution < 1.29 is 14.3 Å². The van der Waals surface area contributed by atoms with Crippen LogP contribution in [-0.2, 0) is 14.3 Å². The van der Waals surface area contributed by atoms with E-state index in [2.05, 4.69) is 0 Å². The topological polar surface area (TPSA) is 46.6 Å². The first-order valence-corrected chi connectivity index (χ1v) is 4.35. The molecule has 3 heterocycles. The van der Waals surface area contributed by atoms with Crippen LogP contribution in [0.4, 0.5) is 0 Å². The second-order valence-corrected chi connectivity index (χ2v) is 3.74. The lowest BCUT2D eigenvalue weighted by Crippen LogP contribution is -2.30. The van der Waals surface area contributed by atoms with Crippen LogP contribution in [0, 0.1) is 11.8 Å². The molecule has 0 aromatic carbocycles. The van der Waals surface area contributed by atoms with E-state index in [1.165, 1.54) is 4.90 Å². The lowest BCUT2D eigenvalue weighted by atomic mass is 9.85. The molecule has 0 N–H and O–H groups in total. The fourth-order valence-electron chi connectivity index (χ4n) is 2.45. The Morgan fingerprint density at radius 2 is 1.62 bits per heavy atom. The van der Waals surface area contributed by atoms with Gasteiger partial charge in [-0.25, -0.2) is 0 Å². The molecule has 2 fully saturated rings. The molecule has 3 rings (SSSR count). The van der Waals surface area contributed by atoms with Crippen molar-refractivity contribution in [3.63, 3.8) is 0 Å². The van der Waals surface area contributed by atoms with Gasteiger partial charge in [-0.05, 0) is 0 Å². The summed E-state index contributed by atoms with van der Waals surface area (Å²) in [6.07, 6.45) is 3.46. The third-order valence-corrected chi connectivity index (χ3v) is 3.13. The molecule has 0 radical (unpaired) electrons. The SMILES string of the molecule is CN1C(=O)[C@@H]2[C@H](C1=O)[C@@H]1C=C[C@H]2O1. The van der Waals surface area contributed by atoms with Crippen LogP contribution >= 0.6 is 0 Å². The van der Waals surface area contributed by atoms with Crippen LogP contribution in [0.15, 0.2) is 12.2 Å². The lowest BCUT2D eigenvalue weighted by Gasteiger charge is -2.10. The number of amides is 2. The van der Waals surface area contributed by atoms with Crippen LogP contribution in [0.25, 0.3) is 0 Å². The summed E-state index contributed by atoms with van der Waals surface area (Å²) in [5.41, 5.74) is 0. The van der Waals surface area contributed by atoms with Gasteiger partial charge in [-0.1, -0.05) is 12.2 Å². The maximum atomic E-state index is 11.6. The van der Waals surface area contributed by atoms with Crippen LogP contribution < -0.4 is 0 Å². The molecule has 2 bridgehead atoms. The predicted octanol–water partition coefficient (Wildman–Crippen LogP) is -0.445. The van der Waals surface area contributed by atoms with Crippen molar-refractivity contribution in [2.75, 3.05) is 7.05 Å². The first-order chi connectivity index (χ1) is 6.20. The minimum atomic E-state index is -0.243. The third-order valence-electron chi connectivity index (χ3n) is 3.13. The normalized spacial score (nSPS) is 46.4. The molecular formula is C9H9NO3. The minimum Gasteiger partial charge on any atom is -0.365 e. The molecule has 0 aromatic rings. The summed E-state index contributed by atoms with van der Waals surface area (Å²) in [4.78, 5) is 24.4. The van der Waals surface area contributed by atoms with Crippen LogP contribution in [0.5, 0.6) is 0 Å². The van der Waals surface area contributed by atoms with E-state index in [1.54, 1.807) is 7.05 Å². The predicted molar refractivity (Wildman–Crippen MR) is 42.6 cm³/mol. The van der Waals surface area contributed by atoms with Crippen molar-refractivity contribution in [1.82, 2.24) is 4.90 Å². The van der Waals surface area contributed by atoms with Crippen LogP contribution in [0.3, 0.4) is 0 Å². The second-order valence-electron chi connectivity index (χ2n) is 3.74. The van der Waals surface area contributed by atoms with Gasteiger partial charge in [0.2, 0.25) is 11.8 Å². The highest BCUT2D eigenvalue weighted by Gasteiger charge is 2.59. The van der Waals surface area contributed by atoms with Crippen LogP contribution in [0.2, 0.25) is 0 Å². The van der Waals surface area contributed by atoms with Gasteiger partial charge in [0.15, 0.2) is 0 Å². The van der Waals surface area contributed by atoms with E-state index in [-0.39, 0.29) is 35.9 Å². The molecule has 3 aliphatic heterocycles. The number of imide groups is 1. The number of rotatable bonds is 0.